The first kappa shape index (κ1) is 15.0. The molecule has 8 nitrogen and oxygen atoms in total. The average Bonchev–Trinajstić information content (AvgIpc) is 2.83. The lowest BCUT2D eigenvalue weighted by Crippen LogP contribution is -2.37. The number of carbonyl (C=O) groups is 2. The van der Waals surface area contributed by atoms with Gasteiger partial charge >= 0.3 is 12.0 Å². The minimum Gasteiger partial charge on any atom is -0.481 e. The lowest BCUT2D eigenvalue weighted by atomic mass is 9.90. The topological polar surface area (TPSA) is 98.7 Å². The molecule has 0 spiro atoms. The van der Waals surface area contributed by atoms with Crippen molar-refractivity contribution in [1.82, 2.24) is 14.9 Å². The zero-order valence-electron chi connectivity index (χ0n) is 12.3. The third-order valence-electron chi connectivity index (χ3n) is 3.62. The van der Waals surface area contributed by atoms with E-state index in [0.29, 0.717) is 24.6 Å². The molecule has 2 N–H and O–H groups in total. The minimum atomic E-state index is -0.880. The molecule has 2 amide bonds. The molecule has 1 saturated heterocycles. The molecule has 1 aliphatic heterocycles. The summed E-state index contributed by atoms with van der Waals surface area (Å²) in [4.78, 5) is 34.7. The van der Waals surface area contributed by atoms with Gasteiger partial charge in [0.05, 0.1) is 5.41 Å². The molecular formula is C13H19N5O3. The molecule has 1 aromatic heterocycles. The van der Waals surface area contributed by atoms with E-state index < -0.39 is 11.4 Å². The molecule has 114 valence electrons. The number of urea groups is 1. The van der Waals surface area contributed by atoms with Gasteiger partial charge in [0.15, 0.2) is 0 Å². The largest absolute Gasteiger partial charge is 0.481 e. The van der Waals surface area contributed by atoms with Gasteiger partial charge in [0.1, 0.15) is 18.0 Å². The van der Waals surface area contributed by atoms with Crippen molar-refractivity contribution in [1.29, 1.82) is 0 Å². The van der Waals surface area contributed by atoms with Crippen LogP contribution in [0.15, 0.2) is 12.4 Å². The van der Waals surface area contributed by atoms with Crippen molar-refractivity contribution in [2.75, 3.05) is 37.4 Å². The van der Waals surface area contributed by atoms with Crippen molar-refractivity contribution >= 4 is 23.6 Å². The van der Waals surface area contributed by atoms with Crippen LogP contribution in [0.3, 0.4) is 0 Å². The van der Waals surface area contributed by atoms with E-state index in [-0.39, 0.29) is 12.6 Å². The summed E-state index contributed by atoms with van der Waals surface area (Å²) in [5.74, 6) is 0.189. The van der Waals surface area contributed by atoms with E-state index in [0.717, 1.165) is 0 Å². The van der Waals surface area contributed by atoms with E-state index in [4.69, 9.17) is 0 Å². The van der Waals surface area contributed by atoms with E-state index in [1.807, 2.05) is 14.1 Å². The van der Waals surface area contributed by atoms with E-state index in [9.17, 15) is 14.7 Å². The van der Waals surface area contributed by atoms with Crippen LogP contribution in [0.2, 0.25) is 0 Å². The summed E-state index contributed by atoms with van der Waals surface area (Å²) in [5, 5.41) is 11.8. The summed E-state index contributed by atoms with van der Waals surface area (Å²) >= 11 is 0. The lowest BCUT2D eigenvalue weighted by molar-refractivity contribution is -0.146. The molecule has 1 atom stereocenters. The molecule has 8 heteroatoms. The second kappa shape index (κ2) is 5.55. The Morgan fingerprint density at radius 1 is 1.43 bits per heavy atom. The van der Waals surface area contributed by atoms with Crippen LogP contribution in [0.5, 0.6) is 0 Å². The summed E-state index contributed by atoms with van der Waals surface area (Å²) in [6.45, 7) is 2.26. The summed E-state index contributed by atoms with van der Waals surface area (Å²) in [5.41, 5.74) is -0.877. The number of hydrogen-bond acceptors (Lipinski definition) is 5. The lowest BCUT2D eigenvalue weighted by Gasteiger charge is -2.20. The fourth-order valence-corrected chi connectivity index (χ4v) is 2.16. The van der Waals surface area contributed by atoms with Gasteiger partial charge < -0.3 is 14.9 Å². The van der Waals surface area contributed by atoms with Gasteiger partial charge in [-0.05, 0) is 13.3 Å². The molecule has 2 rings (SSSR count). The molecule has 21 heavy (non-hydrogen) atoms. The maximum Gasteiger partial charge on any atom is 0.323 e. The number of carbonyl (C=O) groups excluding carboxylic acids is 1. The maximum absolute atomic E-state index is 12.2. The van der Waals surface area contributed by atoms with Crippen molar-refractivity contribution < 1.29 is 14.7 Å². The number of amides is 2. The minimum absolute atomic E-state index is 0.194. The zero-order chi connectivity index (χ0) is 15.6. The van der Waals surface area contributed by atoms with Crippen LogP contribution in [0.1, 0.15) is 13.3 Å². The van der Waals surface area contributed by atoms with Crippen LogP contribution in [0.4, 0.5) is 16.4 Å². The van der Waals surface area contributed by atoms with Gasteiger partial charge in [-0.1, -0.05) is 0 Å². The van der Waals surface area contributed by atoms with Crippen molar-refractivity contribution in [3.63, 3.8) is 0 Å². The molecule has 1 aromatic rings. The van der Waals surface area contributed by atoms with Crippen LogP contribution in [0, 0.1) is 5.41 Å². The van der Waals surface area contributed by atoms with Gasteiger partial charge in [0, 0.05) is 33.3 Å². The molecule has 1 unspecified atom stereocenters. The van der Waals surface area contributed by atoms with Crippen molar-refractivity contribution in [3.05, 3.63) is 12.4 Å². The third kappa shape index (κ3) is 3.21. The Morgan fingerprint density at radius 2 is 2.14 bits per heavy atom. The Bertz CT molecular complexity index is 562. The monoisotopic (exact) mass is 293 g/mol. The standard InChI is InChI=1S/C13H19N5O3/c1-13(11(19)20)4-5-18(7-13)12(21)16-9-6-10(17(2)3)15-8-14-9/h6,8H,4-5,7H2,1-3H3,(H,19,20)(H,14,15,16,21). The van der Waals surface area contributed by atoms with Gasteiger partial charge in [0.2, 0.25) is 0 Å². The number of anilines is 2. The van der Waals surface area contributed by atoms with E-state index >= 15 is 0 Å². The highest BCUT2D eigenvalue weighted by atomic mass is 16.4. The molecule has 0 radical (unpaired) electrons. The molecule has 0 aliphatic carbocycles. The van der Waals surface area contributed by atoms with Gasteiger partial charge in [0.25, 0.3) is 0 Å². The smallest absolute Gasteiger partial charge is 0.323 e. The van der Waals surface area contributed by atoms with Crippen LogP contribution < -0.4 is 10.2 Å². The number of aromatic nitrogens is 2. The van der Waals surface area contributed by atoms with Crippen molar-refractivity contribution in [2.24, 2.45) is 5.41 Å². The SMILES string of the molecule is CN(C)c1cc(NC(=O)N2CCC(C)(C(=O)O)C2)ncn1. The van der Waals surface area contributed by atoms with Gasteiger partial charge in [-0.15, -0.1) is 0 Å². The normalized spacial score (nSPS) is 21.2. The molecule has 0 aromatic carbocycles. The quantitative estimate of drug-likeness (QED) is 0.858. The second-order valence-corrected chi connectivity index (χ2v) is 5.62. The number of carboxylic acids is 1. The van der Waals surface area contributed by atoms with E-state index in [1.54, 1.807) is 17.9 Å². The molecule has 1 aliphatic rings. The summed E-state index contributed by atoms with van der Waals surface area (Å²) in [6, 6.07) is 1.31. The van der Waals surface area contributed by atoms with Gasteiger partial charge in [-0.2, -0.15) is 0 Å². The van der Waals surface area contributed by atoms with Crippen molar-refractivity contribution in [3.8, 4) is 0 Å². The fraction of sp³-hybridized carbons (Fsp3) is 0.538. The second-order valence-electron chi connectivity index (χ2n) is 5.62. The predicted octanol–water partition coefficient (Wildman–Crippen LogP) is 0.871. The van der Waals surface area contributed by atoms with Crippen LogP contribution >= 0.6 is 0 Å². The zero-order valence-corrected chi connectivity index (χ0v) is 12.3. The number of hydrogen-bond donors (Lipinski definition) is 2. The number of nitrogens with zero attached hydrogens (tertiary/aromatic N) is 4. The highest BCUT2D eigenvalue weighted by Crippen LogP contribution is 2.30. The Kier molecular flexibility index (Phi) is 3.97. The number of nitrogens with one attached hydrogen (secondary N) is 1. The van der Waals surface area contributed by atoms with E-state index in [1.165, 1.54) is 11.2 Å². The molecule has 1 fully saturated rings. The first-order valence-electron chi connectivity index (χ1n) is 6.60. The first-order valence-corrected chi connectivity index (χ1v) is 6.60. The maximum atomic E-state index is 12.2. The average molecular weight is 293 g/mol. The number of likely N-dealkylation sites (tertiary alicyclic amines) is 1. The molecular weight excluding hydrogens is 274 g/mol. The Hall–Kier alpha value is -2.38. The molecule has 0 bridgehead atoms. The first-order chi connectivity index (χ1) is 9.82. The van der Waals surface area contributed by atoms with Gasteiger partial charge in [-0.3, -0.25) is 10.1 Å². The Labute approximate surface area is 122 Å². The summed E-state index contributed by atoms with van der Waals surface area (Å²) in [7, 11) is 3.68. The third-order valence-corrected chi connectivity index (χ3v) is 3.62. The highest BCUT2D eigenvalue weighted by molar-refractivity contribution is 5.89. The number of carboxylic acid groups (broad SMARTS) is 1. The van der Waals surface area contributed by atoms with E-state index in [2.05, 4.69) is 15.3 Å². The van der Waals surface area contributed by atoms with Crippen LogP contribution in [-0.2, 0) is 4.79 Å². The highest BCUT2D eigenvalue weighted by Gasteiger charge is 2.42. The summed E-state index contributed by atoms with van der Waals surface area (Å²) in [6.07, 6.45) is 1.82. The number of rotatable bonds is 3. The number of aliphatic carboxylic acids is 1. The Morgan fingerprint density at radius 3 is 2.71 bits per heavy atom. The predicted molar refractivity (Wildman–Crippen MR) is 77.3 cm³/mol. The molecule has 0 saturated carbocycles. The Balaban J connectivity index is 2.03. The molecule has 2 heterocycles. The van der Waals surface area contributed by atoms with Crippen LogP contribution in [-0.4, -0.2) is 59.2 Å². The fourth-order valence-electron chi connectivity index (χ4n) is 2.16. The van der Waals surface area contributed by atoms with Crippen molar-refractivity contribution in [2.45, 2.75) is 13.3 Å². The summed E-state index contributed by atoms with van der Waals surface area (Å²) < 4.78 is 0. The van der Waals surface area contributed by atoms with Gasteiger partial charge in [-0.25, -0.2) is 14.8 Å². The van der Waals surface area contributed by atoms with Crippen LogP contribution in [0.25, 0.3) is 0 Å².